The molecular weight excluding hydrogens is 628 g/mol. The summed E-state index contributed by atoms with van der Waals surface area (Å²) in [5.74, 6) is 0. The molecule has 0 radical (unpaired) electrons. The summed E-state index contributed by atoms with van der Waals surface area (Å²) in [4.78, 5) is 0.352. The molecule has 1 N–H and O–H groups in total. The lowest BCUT2D eigenvalue weighted by Crippen LogP contribution is -3.00. The first-order chi connectivity index (χ1) is 20.7. The molecule has 0 aliphatic carbocycles. The standard InChI is InChI=1S/C38H45N2O2S.BrH/c1-5-40(6-2,27-32-24-29(3)23-30(4)25-32)28-36(18-11-13-31-21-22-33-14-7-8-16-35(33)26-31)39-43(41,42)38-20-12-17-34-15-9-10-19-37(34)38;/h7-10,12,14-17,19-26,36,39H,5-6,11,13,18,27-28H2,1-4H3;1H/q+1;/p-1. The number of sulfonamides is 1. The van der Waals surface area contributed by atoms with E-state index in [9.17, 15) is 8.42 Å². The second-order valence-corrected chi connectivity index (χ2v) is 13.9. The fourth-order valence-electron chi connectivity index (χ4n) is 6.63. The monoisotopic (exact) mass is 672 g/mol. The Morgan fingerprint density at radius 3 is 2.05 bits per heavy atom. The van der Waals surface area contributed by atoms with Crippen LogP contribution in [0.25, 0.3) is 21.5 Å². The Kier molecular flexibility index (Phi) is 11.4. The van der Waals surface area contributed by atoms with Gasteiger partial charge in [-0.25, -0.2) is 13.1 Å². The van der Waals surface area contributed by atoms with Crippen molar-refractivity contribution < 1.29 is 29.9 Å². The maximum atomic E-state index is 14.0. The van der Waals surface area contributed by atoms with Crippen molar-refractivity contribution in [1.29, 1.82) is 0 Å². The Hall–Kier alpha value is -3.03. The van der Waals surface area contributed by atoms with Crippen molar-refractivity contribution in [1.82, 2.24) is 4.72 Å². The third-order valence-corrected chi connectivity index (χ3v) is 10.5. The summed E-state index contributed by atoms with van der Waals surface area (Å²) < 4.78 is 32.1. The summed E-state index contributed by atoms with van der Waals surface area (Å²) in [6.07, 6.45) is 2.58. The average Bonchev–Trinajstić information content (AvgIpc) is 2.99. The average molecular weight is 674 g/mol. The van der Waals surface area contributed by atoms with Gasteiger partial charge in [-0.3, -0.25) is 0 Å². The van der Waals surface area contributed by atoms with Crippen molar-refractivity contribution in [3.63, 3.8) is 0 Å². The summed E-state index contributed by atoms with van der Waals surface area (Å²) in [5, 5.41) is 4.18. The molecule has 0 fully saturated rings. The Balaban J connectivity index is 0.00000442. The first-order valence-corrected chi connectivity index (χ1v) is 17.1. The van der Waals surface area contributed by atoms with E-state index in [1.54, 1.807) is 6.07 Å². The van der Waals surface area contributed by atoms with Gasteiger partial charge < -0.3 is 21.5 Å². The van der Waals surface area contributed by atoms with Gasteiger partial charge in [-0.1, -0.05) is 108 Å². The molecule has 0 bridgehead atoms. The molecule has 4 nitrogen and oxygen atoms in total. The predicted octanol–water partition coefficient (Wildman–Crippen LogP) is 5.34. The molecule has 0 heterocycles. The van der Waals surface area contributed by atoms with Crippen LogP contribution in [0.5, 0.6) is 0 Å². The maximum Gasteiger partial charge on any atom is 0.241 e. The second kappa shape index (κ2) is 14.8. The molecule has 5 rings (SSSR count). The third kappa shape index (κ3) is 8.16. The van der Waals surface area contributed by atoms with Crippen molar-refractivity contribution in [2.24, 2.45) is 0 Å². The van der Waals surface area contributed by atoms with Gasteiger partial charge in [-0.05, 0) is 74.7 Å². The Bertz CT molecular complexity index is 1790. The second-order valence-electron chi connectivity index (χ2n) is 12.2. The maximum absolute atomic E-state index is 14.0. The first kappa shape index (κ1) is 33.9. The molecule has 0 aromatic heterocycles. The van der Waals surface area contributed by atoms with Crippen LogP contribution < -0.4 is 21.7 Å². The normalized spacial score (nSPS) is 12.7. The zero-order valence-corrected chi connectivity index (χ0v) is 28.8. The minimum atomic E-state index is -3.75. The highest BCUT2D eigenvalue weighted by atomic mass is 79.9. The Labute approximate surface area is 274 Å². The summed E-state index contributed by atoms with van der Waals surface area (Å²) in [5.41, 5.74) is 5.14. The minimum Gasteiger partial charge on any atom is -1.00 e. The lowest BCUT2D eigenvalue weighted by Gasteiger charge is -2.40. The number of hydrogen-bond donors (Lipinski definition) is 1. The van der Waals surface area contributed by atoms with Crippen molar-refractivity contribution in [3.8, 4) is 0 Å². The van der Waals surface area contributed by atoms with E-state index in [2.05, 4.69) is 93.1 Å². The number of nitrogens with one attached hydrogen (secondary N) is 1. The molecule has 0 amide bonds. The SMILES string of the molecule is CC[N+](CC)(Cc1cc(C)cc(C)c1)CC(CCCc1ccc2ccccc2c1)NS(=O)(=O)c1cccc2ccccc12.[Br-]. The van der Waals surface area contributed by atoms with Gasteiger partial charge in [0.05, 0.1) is 30.6 Å². The topological polar surface area (TPSA) is 46.2 Å². The summed E-state index contributed by atoms with van der Waals surface area (Å²) in [7, 11) is -3.75. The molecule has 0 aliphatic rings. The summed E-state index contributed by atoms with van der Waals surface area (Å²) in [6.45, 7) is 12.2. The zero-order valence-electron chi connectivity index (χ0n) is 26.4. The van der Waals surface area contributed by atoms with E-state index >= 15 is 0 Å². The van der Waals surface area contributed by atoms with E-state index in [4.69, 9.17) is 0 Å². The smallest absolute Gasteiger partial charge is 0.241 e. The number of fused-ring (bicyclic) bond motifs is 2. The van der Waals surface area contributed by atoms with Gasteiger partial charge >= 0.3 is 0 Å². The van der Waals surface area contributed by atoms with Gasteiger partial charge in [0.1, 0.15) is 6.54 Å². The summed E-state index contributed by atoms with van der Waals surface area (Å²) >= 11 is 0. The number of benzene rings is 5. The largest absolute Gasteiger partial charge is 1.00 e. The van der Waals surface area contributed by atoms with Crippen LogP contribution in [0, 0.1) is 13.8 Å². The molecule has 0 spiro atoms. The molecule has 44 heavy (non-hydrogen) atoms. The number of halogens is 1. The van der Waals surface area contributed by atoms with Crippen LogP contribution in [0.1, 0.15) is 48.9 Å². The Morgan fingerprint density at radius 1 is 0.705 bits per heavy atom. The highest BCUT2D eigenvalue weighted by Gasteiger charge is 2.31. The van der Waals surface area contributed by atoms with E-state index in [-0.39, 0.29) is 23.0 Å². The van der Waals surface area contributed by atoms with E-state index in [0.29, 0.717) is 4.90 Å². The number of aryl methyl sites for hydroxylation is 3. The third-order valence-electron chi connectivity index (χ3n) is 8.94. The van der Waals surface area contributed by atoms with Crippen molar-refractivity contribution in [2.45, 2.75) is 64.4 Å². The van der Waals surface area contributed by atoms with Gasteiger partial charge in [0.2, 0.25) is 10.0 Å². The lowest BCUT2D eigenvalue weighted by atomic mass is 10.0. The van der Waals surface area contributed by atoms with Gasteiger partial charge in [-0.15, -0.1) is 0 Å². The van der Waals surface area contributed by atoms with E-state index in [0.717, 1.165) is 60.7 Å². The Morgan fingerprint density at radius 2 is 1.34 bits per heavy atom. The van der Waals surface area contributed by atoms with Gasteiger partial charge in [0, 0.05) is 10.9 Å². The van der Waals surface area contributed by atoms with Crippen molar-refractivity contribution >= 4 is 31.6 Å². The van der Waals surface area contributed by atoms with Crippen LogP contribution in [0.3, 0.4) is 0 Å². The van der Waals surface area contributed by atoms with E-state index < -0.39 is 10.0 Å². The van der Waals surface area contributed by atoms with Crippen LogP contribution in [-0.2, 0) is 23.0 Å². The minimum absolute atomic E-state index is 0. The zero-order chi connectivity index (χ0) is 30.5. The van der Waals surface area contributed by atoms with Crippen LogP contribution in [0.15, 0.2) is 108 Å². The van der Waals surface area contributed by atoms with E-state index in [1.165, 1.54) is 33.0 Å². The molecular formula is C38H45BrN2O2S. The van der Waals surface area contributed by atoms with Crippen LogP contribution >= 0.6 is 0 Å². The molecule has 6 heteroatoms. The van der Waals surface area contributed by atoms with Crippen molar-refractivity contribution in [2.75, 3.05) is 19.6 Å². The van der Waals surface area contributed by atoms with Gasteiger partial charge in [-0.2, -0.15) is 0 Å². The first-order valence-electron chi connectivity index (χ1n) is 15.6. The molecule has 232 valence electrons. The fraction of sp³-hybridized carbons (Fsp3) is 0.316. The number of hydrogen-bond acceptors (Lipinski definition) is 2. The molecule has 0 saturated carbocycles. The molecule has 1 atom stereocenters. The highest BCUT2D eigenvalue weighted by Crippen LogP contribution is 2.25. The van der Waals surface area contributed by atoms with Gasteiger partial charge in [0.15, 0.2) is 0 Å². The molecule has 1 unspecified atom stereocenters. The highest BCUT2D eigenvalue weighted by molar-refractivity contribution is 7.89. The number of nitrogens with zero attached hydrogens (tertiary/aromatic N) is 1. The van der Waals surface area contributed by atoms with Crippen LogP contribution in [0.4, 0.5) is 0 Å². The molecule has 0 saturated heterocycles. The number of likely N-dealkylation sites (N-methyl/N-ethyl adjacent to an activating group) is 1. The summed E-state index contributed by atoms with van der Waals surface area (Å²) in [6, 6.07) is 34.9. The fourth-order valence-corrected chi connectivity index (χ4v) is 8.12. The molecule has 0 aliphatic heterocycles. The van der Waals surface area contributed by atoms with Crippen molar-refractivity contribution in [3.05, 3.63) is 125 Å². The van der Waals surface area contributed by atoms with E-state index in [1.807, 2.05) is 36.4 Å². The molecule has 5 aromatic rings. The van der Waals surface area contributed by atoms with Crippen LogP contribution in [0.2, 0.25) is 0 Å². The molecule has 5 aromatic carbocycles. The number of rotatable bonds is 13. The predicted molar refractivity (Wildman–Crippen MR) is 181 cm³/mol. The number of quaternary nitrogens is 1. The van der Waals surface area contributed by atoms with Gasteiger partial charge in [0.25, 0.3) is 0 Å². The quantitative estimate of drug-likeness (QED) is 0.172. The van der Waals surface area contributed by atoms with Crippen LogP contribution in [-0.4, -0.2) is 38.6 Å². The lowest BCUT2D eigenvalue weighted by molar-refractivity contribution is -0.938.